The Balaban J connectivity index is 2.17. The van der Waals surface area contributed by atoms with Crippen molar-refractivity contribution in [3.8, 4) is 0 Å². The van der Waals surface area contributed by atoms with Crippen molar-refractivity contribution in [1.29, 1.82) is 0 Å². The summed E-state index contributed by atoms with van der Waals surface area (Å²) in [5, 5.41) is 0. The first kappa shape index (κ1) is 13.4. The number of hydrogen-bond donors (Lipinski definition) is 0. The van der Waals surface area contributed by atoms with E-state index in [1.165, 1.54) is 4.31 Å². The number of hydrogen-bond acceptors (Lipinski definition) is 5. The molecule has 0 amide bonds. The zero-order valence-corrected chi connectivity index (χ0v) is 11.4. The second-order valence-corrected chi connectivity index (χ2v) is 6.43. The van der Waals surface area contributed by atoms with Gasteiger partial charge < -0.3 is 4.74 Å². The Morgan fingerprint density at radius 2 is 2.33 bits per heavy atom. The molecule has 7 heteroatoms. The first-order chi connectivity index (χ1) is 8.53. The molecule has 2 heterocycles. The van der Waals surface area contributed by atoms with Crippen LogP contribution in [0.1, 0.15) is 24.5 Å². The van der Waals surface area contributed by atoms with Crippen LogP contribution in [-0.4, -0.2) is 48.1 Å². The average molecular weight is 271 g/mol. The summed E-state index contributed by atoms with van der Waals surface area (Å²) in [5.74, 6) is 0.653. The summed E-state index contributed by atoms with van der Waals surface area (Å²) in [6.07, 6.45) is 1.29. The molecule has 1 aromatic heterocycles. The van der Waals surface area contributed by atoms with Crippen LogP contribution in [0, 0.1) is 6.92 Å². The Hall–Kier alpha value is -1.05. The van der Waals surface area contributed by atoms with Gasteiger partial charge in [-0.15, -0.1) is 0 Å². The number of ether oxygens (including phenoxy) is 1. The van der Waals surface area contributed by atoms with E-state index in [1.54, 1.807) is 19.2 Å². The van der Waals surface area contributed by atoms with Crippen LogP contribution in [0.3, 0.4) is 0 Å². The lowest BCUT2D eigenvalue weighted by molar-refractivity contribution is -0.00756. The van der Waals surface area contributed by atoms with Gasteiger partial charge in [-0.3, -0.25) is 0 Å². The summed E-state index contributed by atoms with van der Waals surface area (Å²) >= 11 is 0. The van der Waals surface area contributed by atoms with Gasteiger partial charge in [-0.2, -0.15) is 4.31 Å². The molecule has 0 radical (unpaired) electrons. The Morgan fingerprint density at radius 3 is 3.00 bits per heavy atom. The molecule has 0 bridgehead atoms. The highest BCUT2D eigenvalue weighted by atomic mass is 32.2. The van der Waals surface area contributed by atoms with E-state index in [4.69, 9.17) is 4.74 Å². The SMILES string of the molecule is CCS(=O)(=O)N1CCOC(c2nccc(C)n2)C1. The number of rotatable bonds is 3. The molecular formula is C11H17N3O3S. The van der Waals surface area contributed by atoms with Gasteiger partial charge in [-0.1, -0.05) is 0 Å². The van der Waals surface area contributed by atoms with E-state index >= 15 is 0 Å². The molecule has 0 spiro atoms. The second kappa shape index (κ2) is 5.29. The molecule has 1 saturated heterocycles. The predicted octanol–water partition coefficient (Wildman–Crippen LogP) is 0.508. The van der Waals surface area contributed by atoms with Gasteiger partial charge >= 0.3 is 0 Å². The minimum atomic E-state index is -3.17. The molecule has 1 aliphatic rings. The summed E-state index contributed by atoms with van der Waals surface area (Å²) < 4.78 is 30.7. The largest absolute Gasteiger partial charge is 0.367 e. The third-order valence-corrected chi connectivity index (χ3v) is 4.74. The van der Waals surface area contributed by atoms with Gasteiger partial charge in [-0.25, -0.2) is 18.4 Å². The average Bonchev–Trinajstić information content (AvgIpc) is 2.39. The molecule has 1 unspecified atom stereocenters. The molecule has 100 valence electrons. The van der Waals surface area contributed by atoms with E-state index in [-0.39, 0.29) is 11.9 Å². The van der Waals surface area contributed by atoms with Gasteiger partial charge in [0.1, 0.15) is 6.10 Å². The van der Waals surface area contributed by atoms with Crippen LogP contribution in [0.5, 0.6) is 0 Å². The van der Waals surface area contributed by atoms with E-state index < -0.39 is 10.0 Å². The monoisotopic (exact) mass is 271 g/mol. The van der Waals surface area contributed by atoms with Crippen molar-refractivity contribution in [3.05, 3.63) is 23.8 Å². The van der Waals surface area contributed by atoms with E-state index in [0.717, 1.165) is 5.69 Å². The van der Waals surface area contributed by atoms with E-state index in [0.29, 0.717) is 25.5 Å². The van der Waals surface area contributed by atoms with Crippen molar-refractivity contribution < 1.29 is 13.2 Å². The lowest BCUT2D eigenvalue weighted by atomic mass is 10.3. The number of aromatic nitrogens is 2. The van der Waals surface area contributed by atoms with Gasteiger partial charge in [0, 0.05) is 25.0 Å². The molecule has 18 heavy (non-hydrogen) atoms. The minimum absolute atomic E-state index is 0.106. The summed E-state index contributed by atoms with van der Waals surface area (Å²) in [7, 11) is -3.17. The number of aryl methyl sites for hydroxylation is 1. The fraction of sp³-hybridized carbons (Fsp3) is 0.636. The Morgan fingerprint density at radius 1 is 1.56 bits per heavy atom. The zero-order valence-electron chi connectivity index (χ0n) is 10.5. The highest BCUT2D eigenvalue weighted by Gasteiger charge is 2.30. The molecular weight excluding hydrogens is 254 g/mol. The van der Waals surface area contributed by atoms with Crippen LogP contribution in [0.4, 0.5) is 0 Å². The fourth-order valence-corrected chi connectivity index (χ4v) is 2.92. The third kappa shape index (κ3) is 2.85. The minimum Gasteiger partial charge on any atom is -0.367 e. The maximum absolute atomic E-state index is 11.8. The maximum Gasteiger partial charge on any atom is 0.214 e. The quantitative estimate of drug-likeness (QED) is 0.801. The number of morpholine rings is 1. The van der Waals surface area contributed by atoms with Crippen LogP contribution < -0.4 is 0 Å². The number of sulfonamides is 1. The molecule has 6 nitrogen and oxygen atoms in total. The van der Waals surface area contributed by atoms with E-state index in [9.17, 15) is 8.42 Å². The summed E-state index contributed by atoms with van der Waals surface area (Å²) in [5.41, 5.74) is 0.846. The third-order valence-electron chi connectivity index (χ3n) is 2.89. The molecule has 0 N–H and O–H groups in total. The maximum atomic E-state index is 11.8. The van der Waals surface area contributed by atoms with Crippen molar-refractivity contribution in [2.75, 3.05) is 25.4 Å². The van der Waals surface area contributed by atoms with Gasteiger partial charge in [-0.05, 0) is 19.9 Å². The standard InChI is InChI=1S/C11H17N3O3S/c1-3-18(15,16)14-6-7-17-10(8-14)11-12-5-4-9(2)13-11/h4-5,10H,3,6-8H2,1-2H3. The van der Waals surface area contributed by atoms with Gasteiger partial charge in [0.25, 0.3) is 0 Å². The van der Waals surface area contributed by atoms with Gasteiger partial charge in [0.15, 0.2) is 5.82 Å². The van der Waals surface area contributed by atoms with Crippen LogP contribution in [0.25, 0.3) is 0 Å². The van der Waals surface area contributed by atoms with Gasteiger partial charge in [0.05, 0.1) is 12.4 Å². The summed E-state index contributed by atoms with van der Waals surface area (Å²) in [6, 6.07) is 1.80. The molecule has 1 aromatic rings. The van der Waals surface area contributed by atoms with Crippen LogP contribution in [0.15, 0.2) is 12.3 Å². The van der Waals surface area contributed by atoms with Crippen molar-refractivity contribution in [2.24, 2.45) is 0 Å². The molecule has 1 atom stereocenters. The van der Waals surface area contributed by atoms with Crippen molar-refractivity contribution in [3.63, 3.8) is 0 Å². The smallest absolute Gasteiger partial charge is 0.214 e. The van der Waals surface area contributed by atoms with Gasteiger partial charge in [0.2, 0.25) is 10.0 Å². The molecule has 0 aromatic carbocycles. The fourth-order valence-electron chi connectivity index (χ4n) is 1.84. The first-order valence-corrected chi connectivity index (χ1v) is 7.53. The molecule has 0 saturated carbocycles. The topological polar surface area (TPSA) is 72.4 Å². The van der Waals surface area contributed by atoms with Crippen LogP contribution in [0.2, 0.25) is 0 Å². The number of nitrogens with zero attached hydrogens (tertiary/aromatic N) is 3. The predicted molar refractivity (Wildman–Crippen MR) is 66.5 cm³/mol. The van der Waals surface area contributed by atoms with Crippen LogP contribution >= 0.6 is 0 Å². The van der Waals surface area contributed by atoms with Crippen molar-refractivity contribution in [1.82, 2.24) is 14.3 Å². The van der Waals surface area contributed by atoms with Crippen molar-refractivity contribution >= 4 is 10.0 Å². The van der Waals surface area contributed by atoms with Crippen LogP contribution in [-0.2, 0) is 14.8 Å². The Kier molecular flexibility index (Phi) is 3.94. The summed E-state index contributed by atoms with van der Waals surface area (Å²) in [6.45, 7) is 4.58. The zero-order chi connectivity index (χ0) is 13.2. The second-order valence-electron chi connectivity index (χ2n) is 4.17. The lowest BCUT2D eigenvalue weighted by Gasteiger charge is -2.31. The molecule has 1 fully saturated rings. The molecule has 0 aliphatic carbocycles. The van der Waals surface area contributed by atoms with E-state index in [2.05, 4.69) is 9.97 Å². The Bertz CT molecular complexity index is 518. The highest BCUT2D eigenvalue weighted by Crippen LogP contribution is 2.21. The normalized spacial score (nSPS) is 22.0. The highest BCUT2D eigenvalue weighted by molar-refractivity contribution is 7.89. The van der Waals surface area contributed by atoms with E-state index in [1.807, 2.05) is 6.92 Å². The Labute approximate surface area is 107 Å². The molecule has 1 aliphatic heterocycles. The molecule has 2 rings (SSSR count). The van der Waals surface area contributed by atoms with Crippen molar-refractivity contribution in [2.45, 2.75) is 20.0 Å². The summed E-state index contributed by atoms with van der Waals surface area (Å²) in [4.78, 5) is 8.43. The lowest BCUT2D eigenvalue weighted by Crippen LogP contribution is -2.43. The first-order valence-electron chi connectivity index (χ1n) is 5.92.